The van der Waals surface area contributed by atoms with Gasteiger partial charge in [-0.15, -0.1) is 0 Å². The molecule has 1 atom stereocenters. The number of hydrogen-bond donors (Lipinski definition) is 2. The second-order valence-electron chi connectivity index (χ2n) is 4.14. The third-order valence-corrected chi connectivity index (χ3v) is 2.79. The Morgan fingerprint density at radius 2 is 2.32 bits per heavy atom. The predicted molar refractivity (Wildman–Crippen MR) is 69.0 cm³/mol. The lowest BCUT2D eigenvalue weighted by Gasteiger charge is -2.22. The van der Waals surface area contributed by atoms with Crippen molar-refractivity contribution in [3.8, 4) is 0 Å². The number of amides is 1. The molecule has 2 rings (SSSR count). The Hall–Kier alpha value is -1.92. The molecule has 0 radical (unpaired) electrons. The van der Waals surface area contributed by atoms with Gasteiger partial charge in [0.1, 0.15) is 6.04 Å². The highest BCUT2D eigenvalue weighted by Gasteiger charge is 2.21. The standard InChI is InChI=1S/C13H16N2O4/c1-18-13(17)9-3-2-4-10(7-9)15-12(16)11-8-19-6-5-14-11/h2-4,7,11,14H,5-6,8H2,1H3,(H,15,16). The van der Waals surface area contributed by atoms with Gasteiger partial charge in [-0.25, -0.2) is 4.79 Å². The van der Waals surface area contributed by atoms with E-state index >= 15 is 0 Å². The van der Waals surface area contributed by atoms with Gasteiger partial charge in [-0.3, -0.25) is 4.79 Å². The summed E-state index contributed by atoms with van der Waals surface area (Å²) in [7, 11) is 1.32. The number of carbonyl (C=O) groups is 2. The lowest BCUT2D eigenvalue weighted by Crippen LogP contribution is -2.48. The van der Waals surface area contributed by atoms with Gasteiger partial charge in [-0.2, -0.15) is 0 Å². The molecule has 102 valence electrons. The normalized spacial score (nSPS) is 18.7. The molecule has 19 heavy (non-hydrogen) atoms. The van der Waals surface area contributed by atoms with Crippen LogP contribution in [0.15, 0.2) is 24.3 Å². The Labute approximate surface area is 111 Å². The van der Waals surface area contributed by atoms with Gasteiger partial charge < -0.3 is 20.1 Å². The molecule has 1 aromatic rings. The van der Waals surface area contributed by atoms with Crippen molar-refractivity contribution in [2.24, 2.45) is 0 Å². The molecular formula is C13H16N2O4. The number of esters is 1. The Morgan fingerprint density at radius 3 is 3.00 bits per heavy atom. The number of morpholine rings is 1. The zero-order valence-electron chi connectivity index (χ0n) is 10.6. The summed E-state index contributed by atoms with van der Waals surface area (Å²) in [5.41, 5.74) is 0.952. The molecule has 6 nitrogen and oxygen atoms in total. The molecule has 1 amide bonds. The van der Waals surface area contributed by atoms with E-state index < -0.39 is 5.97 Å². The maximum atomic E-state index is 11.9. The molecule has 1 saturated heterocycles. The van der Waals surface area contributed by atoms with E-state index in [4.69, 9.17) is 4.74 Å². The van der Waals surface area contributed by atoms with Crippen LogP contribution in [0.4, 0.5) is 5.69 Å². The average Bonchev–Trinajstić information content (AvgIpc) is 2.47. The minimum absolute atomic E-state index is 0.179. The average molecular weight is 264 g/mol. The van der Waals surface area contributed by atoms with E-state index in [0.29, 0.717) is 31.0 Å². The molecule has 1 aliphatic heterocycles. The van der Waals surface area contributed by atoms with Crippen LogP contribution in [0.1, 0.15) is 10.4 Å². The number of benzene rings is 1. The molecule has 0 spiro atoms. The molecule has 0 bridgehead atoms. The minimum atomic E-state index is -0.435. The maximum absolute atomic E-state index is 11.9. The molecule has 6 heteroatoms. The lowest BCUT2D eigenvalue weighted by molar-refractivity contribution is -0.120. The molecule has 1 heterocycles. The fraction of sp³-hybridized carbons (Fsp3) is 0.385. The molecule has 1 unspecified atom stereocenters. The highest BCUT2D eigenvalue weighted by atomic mass is 16.5. The number of anilines is 1. The Kier molecular flexibility index (Phi) is 4.48. The van der Waals surface area contributed by atoms with E-state index in [1.54, 1.807) is 24.3 Å². The van der Waals surface area contributed by atoms with Crippen LogP contribution in [0.25, 0.3) is 0 Å². The highest BCUT2D eigenvalue weighted by molar-refractivity contribution is 5.97. The summed E-state index contributed by atoms with van der Waals surface area (Å²) in [6.45, 7) is 1.62. The van der Waals surface area contributed by atoms with Gasteiger partial charge in [-0.05, 0) is 18.2 Å². The first kappa shape index (κ1) is 13.5. The predicted octanol–water partition coefficient (Wildman–Crippen LogP) is 0.400. The van der Waals surface area contributed by atoms with Crippen LogP contribution >= 0.6 is 0 Å². The van der Waals surface area contributed by atoms with Gasteiger partial charge in [0, 0.05) is 12.2 Å². The first-order valence-electron chi connectivity index (χ1n) is 6.01. The second kappa shape index (κ2) is 6.31. The van der Waals surface area contributed by atoms with Gasteiger partial charge in [0.05, 0.1) is 25.9 Å². The summed E-state index contributed by atoms with van der Waals surface area (Å²) in [5, 5.41) is 5.80. The van der Waals surface area contributed by atoms with Crippen molar-refractivity contribution in [2.45, 2.75) is 6.04 Å². The molecule has 0 aromatic heterocycles. The first-order chi connectivity index (χ1) is 9.20. The molecule has 0 saturated carbocycles. The first-order valence-corrected chi connectivity index (χ1v) is 6.01. The van der Waals surface area contributed by atoms with E-state index in [-0.39, 0.29) is 11.9 Å². The molecule has 0 aliphatic carbocycles. The van der Waals surface area contributed by atoms with E-state index in [1.807, 2.05) is 0 Å². The zero-order chi connectivity index (χ0) is 13.7. The monoisotopic (exact) mass is 264 g/mol. The third-order valence-electron chi connectivity index (χ3n) is 2.79. The van der Waals surface area contributed by atoms with Gasteiger partial charge in [0.15, 0.2) is 0 Å². The fourth-order valence-corrected chi connectivity index (χ4v) is 1.80. The summed E-state index contributed by atoms with van der Waals surface area (Å²) in [4.78, 5) is 23.3. The maximum Gasteiger partial charge on any atom is 0.337 e. The SMILES string of the molecule is COC(=O)c1cccc(NC(=O)C2COCCN2)c1. The third kappa shape index (κ3) is 3.52. The van der Waals surface area contributed by atoms with E-state index in [1.165, 1.54) is 7.11 Å². The number of nitrogens with one attached hydrogen (secondary N) is 2. The van der Waals surface area contributed by atoms with Crippen LogP contribution in [0.5, 0.6) is 0 Å². The summed E-state index contributed by atoms with van der Waals surface area (Å²) in [5.74, 6) is -0.614. The van der Waals surface area contributed by atoms with Crippen LogP contribution in [-0.4, -0.2) is 44.8 Å². The van der Waals surface area contributed by atoms with Crippen molar-refractivity contribution >= 4 is 17.6 Å². The number of carbonyl (C=O) groups excluding carboxylic acids is 2. The van der Waals surface area contributed by atoms with Crippen molar-refractivity contribution in [2.75, 3.05) is 32.2 Å². The largest absolute Gasteiger partial charge is 0.465 e. The molecular weight excluding hydrogens is 248 g/mol. The summed E-state index contributed by atoms with van der Waals surface area (Å²) in [6.07, 6.45) is 0. The van der Waals surface area contributed by atoms with Crippen molar-refractivity contribution in [3.05, 3.63) is 29.8 Å². The minimum Gasteiger partial charge on any atom is -0.465 e. The molecule has 1 aromatic carbocycles. The zero-order valence-corrected chi connectivity index (χ0v) is 10.6. The highest BCUT2D eigenvalue weighted by Crippen LogP contribution is 2.12. The Morgan fingerprint density at radius 1 is 1.47 bits per heavy atom. The van der Waals surface area contributed by atoms with Gasteiger partial charge >= 0.3 is 5.97 Å². The van der Waals surface area contributed by atoms with Crippen LogP contribution in [0.2, 0.25) is 0 Å². The molecule has 1 fully saturated rings. The summed E-state index contributed by atoms with van der Waals surface area (Å²) < 4.78 is 9.85. The Balaban J connectivity index is 2.02. The van der Waals surface area contributed by atoms with Crippen LogP contribution in [-0.2, 0) is 14.3 Å². The number of ether oxygens (including phenoxy) is 2. The van der Waals surface area contributed by atoms with Crippen LogP contribution in [0.3, 0.4) is 0 Å². The fourth-order valence-electron chi connectivity index (χ4n) is 1.80. The topological polar surface area (TPSA) is 76.7 Å². The van der Waals surface area contributed by atoms with Gasteiger partial charge in [0.2, 0.25) is 5.91 Å². The summed E-state index contributed by atoms with van der Waals surface area (Å²) in [6, 6.07) is 6.24. The quantitative estimate of drug-likeness (QED) is 0.773. The summed E-state index contributed by atoms with van der Waals surface area (Å²) >= 11 is 0. The molecule has 2 N–H and O–H groups in total. The van der Waals surface area contributed by atoms with Crippen molar-refractivity contribution in [1.29, 1.82) is 0 Å². The van der Waals surface area contributed by atoms with Crippen LogP contribution < -0.4 is 10.6 Å². The van der Waals surface area contributed by atoms with Crippen molar-refractivity contribution in [1.82, 2.24) is 5.32 Å². The molecule has 1 aliphatic rings. The van der Waals surface area contributed by atoms with E-state index in [2.05, 4.69) is 15.4 Å². The number of rotatable bonds is 3. The number of methoxy groups -OCH3 is 1. The van der Waals surface area contributed by atoms with Gasteiger partial charge in [0.25, 0.3) is 0 Å². The van der Waals surface area contributed by atoms with Crippen molar-refractivity contribution < 1.29 is 19.1 Å². The Bertz CT molecular complexity index is 469. The van der Waals surface area contributed by atoms with Crippen molar-refractivity contribution in [3.63, 3.8) is 0 Å². The van der Waals surface area contributed by atoms with Crippen LogP contribution in [0, 0.1) is 0 Å². The second-order valence-corrected chi connectivity index (χ2v) is 4.14. The van der Waals surface area contributed by atoms with E-state index in [9.17, 15) is 9.59 Å². The van der Waals surface area contributed by atoms with Gasteiger partial charge in [-0.1, -0.05) is 6.07 Å². The van der Waals surface area contributed by atoms with E-state index in [0.717, 1.165) is 0 Å². The lowest BCUT2D eigenvalue weighted by atomic mass is 10.2. The number of hydrogen-bond acceptors (Lipinski definition) is 5. The smallest absolute Gasteiger partial charge is 0.337 e.